The van der Waals surface area contributed by atoms with E-state index in [1.54, 1.807) is 0 Å². The average Bonchev–Trinajstić information content (AvgIpc) is 2.52. The topological polar surface area (TPSA) is 161 Å². The number of carboxylic acid groups (broad SMARTS) is 2. The Kier molecular flexibility index (Phi) is 4.22. The summed E-state index contributed by atoms with van der Waals surface area (Å²) in [4.78, 5) is 42.9. The van der Waals surface area contributed by atoms with Crippen LogP contribution in [0.5, 0.6) is 0 Å². The van der Waals surface area contributed by atoms with Crippen LogP contribution in [0, 0.1) is 20.2 Å². The summed E-state index contributed by atoms with van der Waals surface area (Å²) in [5.41, 5.74) is -3.73. The fourth-order valence-electron chi connectivity index (χ4n) is 2.26. The van der Waals surface area contributed by atoms with Gasteiger partial charge in [-0.15, -0.1) is 0 Å². The van der Waals surface area contributed by atoms with Crippen molar-refractivity contribution in [2.75, 3.05) is 0 Å². The molecule has 2 N–H and O–H groups in total. The maximum Gasteiger partial charge on any atom is 0.342 e. The lowest BCUT2D eigenvalue weighted by Gasteiger charge is -2.08. The zero-order valence-electron chi connectivity index (χ0n) is 11.7. The molecule has 0 fully saturated rings. The molecule has 24 heavy (non-hydrogen) atoms. The van der Waals surface area contributed by atoms with Crippen molar-refractivity contribution in [1.82, 2.24) is 0 Å². The minimum atomic E-state index is -1.58. The van der Waals surface area contributed by atoms with Crippen molar-refractivity contribution in [3.05, 3.63) is 67.8 Å². The number of hydrogen-bond donors (Lipinski definition) is 2. The molecule has 2 aromatic rings. The lowest BCUT2D eigenvalue weighted by Crippen LogP contribution is -2.07. The van der Waals surface area contributed by atoms with E-state index in [1.165, 1.54) is 12.1 Å². The third-order valence-electron chi connectivity index (χ3n) is 3.19. The van der Waals surface area contributed by atoms with E-state index in [4.69, 9.17) is 10.2 Å². The van der Waals surface area contributed by atoms with E-state index in [2.05, 4.69) is 0 Å². The van der Waals surface area contributed by atoms with Crippen LogP contribution in [0.15, 0.2) is 36.4 Å². The van der Waals surface area contributed by atoms with Crippen LogP contribution < -0.4 is 0 Å². The molecule has 0 saturated carbocycles. The first-order valence-electron chi connectivity index (χ1n) is 6.27. The van der Waals surface area contributed by atoms with Crippen molar-refractivity contribution in [3.8, 4) is 11.1 Å². The molecule has 0 aliphatic carbocycles. The maximum atomic E-state index is 11.3. The molecule has 0 aromatic heterocycles. The highest BCUT2D eigenvalue weighted by Crippen LogP contribution is 2.39. The van der Waals surface area contributed by atoms with Crippen LogP contribution in [-0.2, 0) is 0 Å². The number of aromatic carboxylic acids is 2. The van der Waals surface area contributed by atoms with Crippen molar-refractivity contribution in [2.45, 2.75) is 0 Å². The smallest absolute Gasteiger partial charge is 0.342 e. The van der Waals surface area contributed by atoms with E-state index in [0.717, 1.165) is 24.3 Å². The third-order valence-corrected chi connectivity index (χ3v) is 3.19. The van der Waals surface area contributed by atoms with Crippen molar-refractivity contribution >= 4 is 23.3 Å². The summed E-state index contributed by atoms with van der Waals surface area (Å²) in [7, 11) is 0. The number of nitro groups is 2. The summed E-state index contributed by atoms with van der Waals surface area (Å²) in [6.45, 7) is 0. The van der Waals surface area contributed by atoms with Gasteiger partial charge in [0, 0.05) is 0 Å². The highest BCUT2D eigenvalue weighted by molar-refractivity contribution is 6.01. The fourth-order valence-corrected chi connectivity index (χ4v) is 2.26. The van der Waals surface area contributed by atoms with E-state index >= 15 is 0 Å². The molecule has 10 nitrogen and oxygen atoms in total. The van der Waals surface area contributed by atoms with E-state index in [9.17, 15) is 29.8 Å². The van der Waals surface area contributed by atoms with Crippen LogP contribution in [0.25, 0.3) is 11.1 Å². The Morgan fingerprint density at radius 2 is 1.08 bits per heavy atom. The van der Waals surface area contributed by atoms with Crippen LogP contribution >= 0.6 is 0 Å². The van der Waals surface area contributed by atoms with Gasteiger partial charge in [-0.25, -0.2) is 9.59 Å². The second-order valence-corrected chi connectivity index (χ2v) is 4.53. The second kappa shape index (κ2) is 6.12. The summed E-state index contributed by atoms with van der Waals surface area (Å²) >= 11 is 0. The minimum absolute atomic E-state index is 0.352. The molecule has 122 valence electrons. The van der Waals surface area contributed by atoms with Crippen LogP contribution in [0.2, 0.25) is 0 Å². The lowest BCUT2D eigenvalue weighted by atomic mass is 9.96. The molecule has 0 atom stereocenters. The SMILES string of the molecule is O=C(O)c1cccc(-c2cccc(C(=O)O)c2[N+](=O)[O-])c1[N+](=O)[O-]. The lowest BCUT2D eigenvalue weighted by molar-refractivity contribution is -0.386. The van der Waals surface area contributed by atoms with E-state index < -0.39 is 44.3 Å². The standard InChI is InChI=1S/C14H8N2O8/c17-13(18)9-5-1-3-7(11(9)15(21)22)8-4-2-6-10(14(19)20)12(8)16(23)24/h1-6H,(H,17,18)(H,19,20). The van der Waals surface area contributed by atoms with Gasteiger partial charge in [0.15, 0.2) is 0 Å². The van der Waals surface area contributed by atoms with Crippen LogP contribution in [0.1, 0.15) is 20.7 Å². The summed E-state index contributed by atoms with van der Waals surface area (Å²) in [5.74, 6) is -3.17. The first-order valence-corrected chi connectivity index (χ1v) is 6.27. The van der Waals surface area contributed by atoms with E-state index in [-0.39, 0.29) is 11.1 Å². The summed E-state index contributed by atoms with van der Waals surface area (Å²) in [6.07, 6.45) is 0. The van der Waals surface area contributed by atoms with Crippen LogP contribution in [0.3, 0.4) is 0 Å². The quantitative estimate of drug-likeness (QED) is 0.623. The molecular formula is C14H8N2O8. The highest BCUT2D eigenvalue weighted by Gasteiger charge is 2.31. The first-order chi connectivity index (χ1) is 11.3. The molecule has 2 aromatic carbocycles. The van der Waals surface area contributed by atoms with Gasteiger partial charge in [0.1, 0.15) is 11.1 Å². The number of carbonyl (C=O) groups is 2. The fraction of sp³-hybridized carbons (Fsp3) is 0. The van der Waals surface area contributed by atoms with Crippen LogP contribution in [0.4, 0.5) is 11.4 Å². The van der Waals surface area contributed by atoms with Gasteiger partial charge in [0.25, 0.3) is 11.4 Å². The van der Waals surface area contributed by atoms with Gasteiger partial charge in [0.2, 0.25) is 0 Å². The molecular weight excluding hydrogens is 324 g/mol. The Bertz CT molecular complexity index is 817. The normalized spacial score (nSPS) is 10.2. The van der Waals surface area contributed by atoms with Gasteiger partial charge >= 0.3 is 11.9 Å². The monoisotopic (exact) mass is 332 g/mol. The molecule has 2 rings (SSSR count). The van der Waals surface area contributed by atoms with E-state index in [0.29, 0.717) is 0 Å². The largest absolute Gasteiger partial charge is 0.477 e. The van der Waals surface area contributed by atoms with Gasteiger partial charge in [-0.3, -0.25) is 20.2 Å². The Labute approximate surface area is 132 Å². The summed E-state index contributed by atoms with van der Waals surface area (Å²) in [6, 6.07) is 6.58. The number of hydrogen-bond acceptors (Lipinski definition) is 6. The average molecular weight is 332 g/mol. The number of para-hydroxylation sites is 2. The van der Waals surface area contributed by atoms with Gasteiger partial charge in [0.05, 0.1) is 21.0 Å². The molecule has 0 saturated heterocycles. The van der Waals surface area contributed by atoms with Gasteiger partial charge in [-0.05, 0) is 24.3 Å². The van der Waals surface area contributed by atoms with Crippen molar-refractivity contribution in [1.29, 1.82) is 0 Å². The zero-order valence-corrected chi connectivity index (χ0v) is 11.7. The molecule has 0 radical (unpaired) electrons. The predicted octanol–water partition coefficient (Wildman–Crippen LogP) is 2.57. The predicted molar refractivity (Wildman–Crippen MR) is 79.1 cm³/mol. The molecule has 0 spiro atoms. The molecule has 0 amide bonds. The Morgan fingerprint density at radius 3 is 1.33 bits per heavy atom. The van der Waals surface area contributed by atoms with Crippen molar-refractivity contribution in [3.63, 3.8) is 0 Å². The number of nitrogens with zero attached hydrogens (tertiary/aromatic N) is 2. The van der Waals surface area contributed by atoms with E-state index in [1.807, 2.05) is 0 Å². The van der Waals surface area contributed by atoms with Gasteiger partial charge in [-0.2, -0.15) is 0 Å². The zero-order chi connectivity index (χ0) is 18.0. The van der Waals surface area contributed by atoms with Gasteiger partial charge in [-0.1, -0.05) is 12.1 Å². The first kappa shape index (κ1) is 16.5. The van der Waals surface area contributed by atoms with Gasteiger partial charge < -0.3 is 10.2 Å². The Morgan fingerprint density at radius 1 is 0.750 bits per heavy atom. The molecule has 10 heteroatoms. The minimum Gasteiger partial charge on any atom is -0.477 e. The summed E-state index contributed by atoms with van der Waals surface area (Å²) in [5, 5.41) is 40.7. The van der Waals surface area contributed by atoms with Crippen molar-refractivity contribution < 1.29 is 29.6 Å². The Hall–Kier alpha value is -3.82. The number of carboxylic acids is 2. The molecule has 0 heterocycles. The third kappa shape index (κ3) is 2.75. The molecule has 0 aliphatic heterocycles. The molecule has 0 unspecified atom stereocenters. The molecule has 0 bridgehead atoms. The second-order valence-electron chi connectivity index (χ2n) is 4.53. The maximum absolute atomic E-state index is 11.3. The van der Waals surface area contributed by atoms with Crippen LogP contribution in [-0.4, -0.2) is 32.0 Å². The highest BCUT2D eigenvalue weighted by atomic mass is 16.6. The molecule has 0 aliphatic rings. The number of nitro benzene ring substituents is 2. The number of rotatable bonds is 5. The number of benzene rings is 2. The summed E-state index contributed by atoms with van der Waals surface area (Å²) < 4.78 is 0. The van der Waals surface area contributed by atoms with Crippen molar-refractivity contribution in [2.24, 2.45) is 0 Å². The Balaban J connectivity index is 2.93.